The van der Waals surface area contributed by atoms with Gasteiger partial charge in [-0.3, -0.25) is 14.6 Å². The lowest BCUT2D eigenvalue weighted by Gasteiger charge is -2.24. The maximum absolute atomic E-state index is 4.55. The van der Waals surface area contributed by atoms with Gasteiger partial charge in [-0.25, -0.2) is 0 Å². The average Bonchev–Trinajstić information content (AvgIpc) is 2.86. The zero-order chi connectivity index (χ0) is 15.9. The Kier molecular flexibility index (Phi) is 6.10. The molecule has 22 heavy (non-hydrogen) atoms. The molecule has 0 aliphatic heterocycles. The third-order valence-corrected chi connectivity index (χ3v) is 3.76. The highest BCUT2D eigenvalue weighted by molar-refractivity contribution is 5.16. The molecule has 0 amide bonds. The molecule has 0 saturated carbocycles. The second-order valence-electron chi connectivity index (χ2n) is 5.97. The maximum Gasteiger partial charge on any atom is 0.0638 e. The zero-order valence-corrected chi connectivity index (χ0v) is 14.2. The van der Waals surface area contributed by atoms with Gasteiger partial charge in [0.25, 0.3) is 0 Å². The number of hydrogen-bond acceptors (Lipinski definition) is 4. The number of likely N-dealkylation sites (N-methyl/N-ethyl adjacent to an activating group) is 1. The van der Waals surface area contributed by atoms with E-state index in [-0.39, 0.29) is 0 Å². The number of aromatic nitrogens is 3. The van der Waals surface area contributed by atoms with Crippen molar-refractivity contribution in [2.75, 3.05) is 27.2 Å². The van der Waals surface area contributed by atoms with E-state index in [1.54, 1.807) is 0 Å². The molecule has 0 saturated heterocycles. The molecular weight excluding hydrogens is 274 g/mol. The quantitative estimate of drug-likeness (QED) is 0.749. The van der Waals surface area contributed by atoms with Crippen LogP contribution in [0.1, 0.15) is 23.7 Å². The summed E-state index contributed by atoms with van der Waals surface area (Å²) in [6.07, 6.45) is 5.94. The van der Waals surface area contributed by atoms with E-state index < -0.39 is 0 Å². The van der Waals surface area contributed by atoms with Crippen molar-refractivity contribution in [3.63, 3.8) is 0 Å². The van der Waals surface area contributed by atoms with Gasteiger partial charge in [-0.05, 0) is 39.6 Å². The van der Waals surface area contributed by atoms with Gasteiger partial charge < -0.3 is 4.90 Å². The van der Waals surface area contributed by atoms with Gasteiger partial charge in [-0.15, -0.1) is 0 Å². The van der Waals surface area contributed by atoms with Gasteiger partial charge >= 0.3 is 0 Å². The van der Waals surface area contributed by atoms with Crippen LogP contribution in [-0.2, 0) is 19.6 Å². The monoisotopic (exact) mass is 301 g/mol. The van der Waals surface area contributed by atoms with Crippen molar-refractivity contribution in [2.45, 2.75) is 33.5 Å². The summed E-state index contributed by atoms with van der Waals surface area (Å²) in [6, 6.07) is 4.14. The lowest BCUT2D eigenvalue weighted by molar-refractivity contribution is 0.225. The minimum atomic E-state index is 0.915. The summed E-state index contributed by atoms with van der Waals surface area (Å²) in [6.45, 7) is 9.04. The smallest absolute Gasteiger partial charge is 0.0638 e. The molecule has 2 aromatic rings. The Bertz CT molecular complexity index is 562. The van der Waals surface area contributed by atoms with Crippen LogP contribution in [0.5, 0.6) is 0 Å². The molecule has 0 fully saturated rings. The van der Waals surface area contributed by atoms with Gasteiger partial charge in [0.05, 0.1) is 5.69 Å². The summed E-state index contributed by atoms with van der Waals surface area (Å²) in [7, 11) is 4.23. The van der Waals surface area contributed by atoms with Crippen molar-refractivity contribution in [3.05, 3.63) is 47.5 Å². The van der Waals surface area contributed by atoms with Crippen LogP contribution in [0.2, 0.25) is 0 Å². The number of pyridine rings is 1. The first-order valence-corrected chi connectivity index (χ1v) is 7.87. The van der Waals surface area contributed by atoms with Crippen LogP contribution in [0.25, 0.3) is 0 Å². The molecule has 0 atom stereocenters. The van der Waals surface area contributed by atoms with E-state index >= 15 is 0 Å². The fourth-order valence-corrected chi connectivity index (χ4v) is 2.42. The maximum atomic E-state index is 4.55. The third kappa shape index (κ3) is 4.93. The molecule has 0 bridgehead atoms. The van der Waals surface area contributed by atoms with E-state index in [1.165, 1.54) is 11.1 Å². The fraction of sp³-hybridized carbons (Fsp3) is 0.529. The molecule has 2 rings (SSSR count). The molecule has 120 valence electrons. The van der Waals surface area contributed by atoms with Crippen molar-refractivity contribution < 1.29 is 0 Å². The molecule has 2 aromatic heterocycles. The van der Waals surface area contributed by atoms with Crippen molar-refractivity contribution >= 4 is 0 Å². The molecule has 0 aromatic carbocycles. The molecule has 0 aliphatic rings. The van der Waals surface area contributed by atoms with E-state index in [1.807, 2.05) is 23.1 Å². The average molecular weight is 301 g/mol. The molecule has 0 spiro atoms. The van der Waals surface area contributed by atoms with Crippen LogP contribution < -0.4 is 0 Å². The Labute approximate surface area is 133 Å². The first kappa shape index (κ1) is 16.6. The Morgan fingerprint density at radius 1 is 1.18 bits per heavy atom. The molecule has 0 unspecified atom stereocenters. The van der Waals surface area contributed by atoms with Crippen LogP contribution in [0.15, 0.2) is 30.7 Å². The molecule has 5 heteroatoms. The Morgan fingerprint density at radius 2 is 2.00 bits per heavy atom. The Morgan fingerprint density at radius 3 is 2.59 bits per heavy atom. The number of aryl methyl sites for hydroxylation is 2. The van der Waals surface area contributed by atoms with Crippen LogP contribution in [0, 0.1) is 6.92 Å². The highest BCUT2D eigenvalue weighted by Crippen LogP contribution is 2.12. The molecule has 0 N–H and O–H groups in total. The lowest BCUT2D eigenvalue weighted by Crippen LogP contribution is -2.31. The van der Waals surface area contributed by atoms with Crippen molar-refractivity contribution in [1.29, 1.82) is 0 Å². The van der Waals surface area contributed by atoms with Gasteiger partial charge in [0.2, 0.25) is 0 Å². The SMILES string of the molecule is CCn1cc(CN(CCN(C)C)Cc2cccnc2)c(C)n1. The summed E-state index contributed by atoms with van der Waals surface area (Å²) in [5, 5.41) is 4.55. The van der Waals surface area contributed by atoms with Crippen LogP contribution >= 0.6 is 0 Å². The van der Waals surface area contributed by atoms with E-state index in [0.717, 1.165) is 38.4 Å². The number of rotatable bonds is 8. The van der Waals surface area contributed by atoms with Gasteiger partial charge in [0.15, 0.2) is 0 Å². The highest BCUT2D eigenvalue weighted by Gasteiger charge is 2.12. The van der Waals surface area contributed by atoms with Gasteiger partial charge in [0.1, 0.15) is 0 Å². The van der Waals surface area contributed by atoms with Crippen LogP contribution in [0.3, 0.4) is 0 Å². The second kappa shape index (κ2) is 8.06. The van der Waals surface area contributed by atoms with Crippen molar-refractivity contribution in [1.82, 2.24) is 24.6 Å². The lowest BCUT2D eigenvalue weighted by atomic mass is 10.2. The summed E-state index contributed by atoms with van der Waals surface area (Å²) < 4.78 is 2.01. The summed E-state index contributed by atoms with van der Waals surface area (Å²) >= 11 is 0. The summed E-state index contributed by atoms with van der Waals surface area (Å²) in [5.41, 5.74) is 3.69. The van der Waals surface area contributed by atoms with Crippen LogP contribution in [-0.4, -0.2) is 51.7 Å². The Hall–Kier alpha value is -1.72. The fourth-order valence-electron chi connectivity index (χ4n) is 2.42. The summed E-state index contributed by atoms with van der Waals surface area (Å²) in [4.78, 5) is 8.90. The molecule has 0 aliphatic carbocycles. The highest BCUT2D eigenvalue weighted by atomic mass is 15.3. The standard InChI is InChI=1S/C17H27N5/c1-5-22-14-17(15(2)19-22)13-21(10-9-20(3)4)12-16-7-6-8-18-11-16/h6-8,11,14H,5,9-10,12-13H2,1-4H3. The zero-order valence-electron chi connectivity index (χ0n) is 14.2. The minimum absolute atomic E-state index is 0.915. The van der Waals surface area contributed by atoms with Crippen molar-refractivity contribution in [2.24, 2.45) is 0 Å². The van der Waals surface area contributed by atoms with Crippen LogP contribution in [0.4, 0.5) is 0 Å². The third-order valence-electron chi connectivity index (χ3n) is 3.76. The first-order chi connectivity index (χ1) is 10.6. The minimum Gasteiger partial charge on any atom is -0.308 e. The van der Waals surface area contributed by atoms with Crippen molar-refractivity contribution in [3.8, 4) is 0 Å². The number of nitrogens with zero attached hydrogens (tertiary/aromatic N) is 5. The largest absolute Gasteiger partial charge is 0.308 e. The van der Waals surface area contributed by atoms with E-state index in [9.17, 15) is 0 Å². The van der Waals surface area contributed by atoms with E-state index in [4.69, 9.17) is 0 Å². The normalized spacial score (nSPS) is 11.5. The predicted octanol–water partition coefficient (Wildman–Crippen LogP) is 2.17. The number of hydrogen-bond donors (Lipinski definition) is 0. The molecule has 2 heterocycles. The van der Waals surface area contributed by atoms with Gasteiger partial charge in [-0.2, -0.15) is 5.10 Å². The molecule has 5 nitrogen and oxygen atoms in total. The van der Waals surface area contributed by atoms with Gasteiger partial charge in [0, 0.05) is 56.9 Å². The first-order valence-electron chi connectivity index (χ1n) is 7.87. The molecular formula is C17H27N5. The topological polar surface area (TPSA) is 37.2 Å². The van der Waals surface area contributed by atoms with E-state index in [2.05, 4.69) is 60.1 Å². The predicted molar refractivity (Wildman–Crippen MR) is 89.5 cm³/mol. The Balaban J connectivity index is 2.07. The van der Waals surface area contributed by atoms with E-state index in [0.29, 0.717) is 0 Å². The summed E-state index contributed by atoms with van der Waals surface area (Å²) in [5.74, 6) is 0. The van der Waals surface area contributed by atoms with Gasteiger partial charge in [-0.1, -0.05) is 6.07 Å². The molecule has 0 radical (unpaired) electrons. The second-order valence-corrected chi connectivity index (χ2v) is 5.97.